The summed E-state index contributed by atoms with van der Waals surface area (Å²) in [6.45, 7) is 7.05. The molecule has 0 aliphatic heterocycles. The van der Waals surface area contributed by atoms with Gasteiger partial charge in [-0.1, -0.05) is 32.0 Å². The summed E-state index contributed by atoms with van der Waals surface area (Å²) < 4.78 is 33.8. The van der Waals surface area contributed by atoms with Crippen LogP contribution in [0.4, 0.5) is 0 Å². The maximum atomic E-state index is 13.0. The second kappa shape index (κ2) is 8.64. The molecule has 2 aromatic rings. The summed E-state index contributed by atoms with van der Waals surface area (Å²) in [5.74, 6) is 0.698. The van der Waals surface area contributed by atoms with E-state index in [1.54, 1.807) is 51.3 Å². The van der Waals surface area contributed by atoms with E-state index < -0.39 is 26.7 Å². The van der Waals surface area contributed by atoms with Gasteiger partial charge in [0, 0.05) is 6.04 Å². The van der Waals surface area contributed by atoms with E-state index in [0.29, 0.717) is 12.2 Å². The van der Waals surface area contributed by atoms with Gasteiger partial charge in [-0.15, -0.1) is 0 Å². The maximum Gasteiger partial charge on any atom is 0.240 e. The third-order valence-corrected chi connectivity index (χ3v) is 7.02. The second-order valence-electron chi connectivity index (χ2n) is 7.47. The van der Waals surface area contributed by atoms with Crippen LogP contribution in [0.15, 0.2) is 47.4 Å². The number of hydrogen-bond acceptors (Lipinski definition) is 4. The number of benzene rings is 2. The number of nitrogens with one attached hydrogen (secondary N) is 1. The van der Waals surface area contributed by atoms with Gasteiger partial charge in [-0.25, -0.2) is 13.1 Å². The van der Waals surface area contributed by atoms with E-state index in [-0.39, 0.29) is 4.90 Å². The van der Waals surface area contributed by atoms with Crippen molar-refractivity contribution in [1.82, 2.24) is 4.72 Å². The smallest absolute Gasteiger partial charge is 0.240 e. The maximum absolute atomic E-state index is 13.0. The first kappa shape index (κ1) is 22.4. The standard InChI is InChI=1S/C21H26ClNO4S/c1-14-6-11-18(12-15(14)2)28(25,26)23-19(21(3,4)20(22)24)13-16-7-9-17(27-5)10-8-16/h6-12,19,23H,13H2,1-5H3. The summed E-state index contributed by atoms with van der Waals surface area (Å²) in [5.41, 5.74) is 1.64. The first-order valence-corrected chi connectivity index (χ1v) is 10.8. The van der Waals surface area contributed by atoms with Gasteiger partial charge in [0.15, 0.2) is 0 Å². The minimum absolute atomic E-state index is 0.160. The molecule has 0 heterocycles. The topological polar surface area (TPSA) is 72.5 Å². The lowest BCUT2D eigenvalue weighted by Gasteiger charge is -2.31. The first-order chi connectivity index (χ1) is 13.0. The fourth-order valence-electron chi connectivity index (χ4n) is 2.71. The van der Waals surface area contributed by atoms with E-state index >= 15 is 0 Å². The lowest BCUT2D eigenvalue weighted by molar-refractivity contribution is -0.120. The lowest BCUT2D eigenvalue weighted by Crippen LogP contribution is -2.49. The summed E-state index contributed by atoms with van der Waals surface area (Å²) in [6, 6.07) is 11.5. The van der Waals surface area contributed by atoms with Crippen LogP contribution < -0.4 is 9.46 Å². The van der Waals surface area contributed by atoms with Gasteiger partial charge in [-0.05, 0) is 72.8 Å². The monoisotopic (exact) mass is 423 g/mol. The molecule has 152 valence electrons. The van der Waals surface area contributed by atoms with Crippen LogP contribution in [-0.2, 0) is 21.2 Å². The van der Waals surface area contributed by atoms with E-state index in [9.17, 15) is 13.2 Å². The number of rotatable bonds is 8. The zero-order chi connectivity index (χ0) is 21.1. The highest BCUT2D eigenvalue weighted by Crippen LogP contribution is 2.29. The highest BCUT2D eigenvalue weighted by molar-refractivity contribution is 7.89. The second-order valence-corrected chi connectivity index (χ2v) is 9.52. The zero-order valence-electron chi connectivity index (χ0n) is 16.7. The van der Waals surface area contributed by atoms with Gasteiger partial charge in [-0.2, -0.15) is 0 Å². The predicted octanol–water partition coefficient (Wildman–Crippen LogP) is 3.99. The molecule has 0 fully saturated rings. The first-order valence-electron chi connectivity index (χ1n) is 8.90. The number of sulfonamides is 1. The van der Waals surface area contributed by atoms with Crippen LogP contribution in [-0.4, -0.2) is 26.8 Å². The summed E-state index contributed by atoms with van der Waals surface area (Å²) in [4.78, 5) is 12.2. The number of methoxy groups -OCH3 is 1. The van der Waals surface area contributed by atoms with Gasteiger partial charge >= 0.3 is 0 Å². The fraction of sp³-hybridized carbons (Fsp3) is 0.381. The molecule has 0 saturated heterocycles. The number of carbonyl (C=O) groups excluding carboxylic acids is 1. The molecule has 28 heavy (non-hydrogen) atoms. The third-order valence-electron chi connectivity index (χ3n) is 5.06. The van der Waals surface area contributed by atoms with Gasteiger partial charge in [-0.3, -0.25) is 4.79 Å². The molecule has 7 heteroatoms. The average Bonchev–Trinajstić information content (AvgIpc) is 2.63. The van der Waals surface area contributed by atoms with Crippen molar-refractivity contribution >= 4 is 26.9 Å². The summed E-state index contributed by atoms with van der Waals surface area (Å²) in [6.07, 6.45) is 0.305. The molecule has 1 N–H and O–H groups in total. The Kier molecular flexibility index (Phi) is 6.91. The Bertz CT molecular complexity index is 953. The van der Waals surface area contributed by atoms with Gasteiger partial charge < -0.3 is 4.74 Å². The molecule has 1 atom stereocenters. The zero-order valence-corrected chi connectivity index (χ0v) is 18.3. The Morgan fingerprint density at radius 2 is 1.71 bits per heavy atom. The third kappa shape index (κ3) is 5.13. The molecular weight excluding hydrogens is 398 g/mol. The van der Waals surface area contributed by atoms with E-state index in [0.717, 1.165) is 16.7 Å². The number of halogens is 1. The molecule has 0 spiro atoms. The van der Waals surface area contributed by atoms with Crippen molar-refractivity contribution in [3.63, 3.8) is 0 Å². The normalized spacial score (nSPS) is 13.2. The largest absolute Gasteiger partial charge is 0.497 e. The van der Waals surface area contributed by atoms with Gasteiger partial charge in [0.05, 0.1) is 17.4 Å². The van der Waals surface area contributed by atoms with Crippen molar-refractivity contribution in [3.05, 3.63) is 59.2 Å². The van der Waals surface area contributed by atoms with Crippen molar-refractivity contribution in [1.29, 1.82) is 0 Å². The van der Waals surface area contributed by atoms with Crippen LogP contribution in [0.5, 0.6) is 5.75 Å². The Hall–Kier alpha value is -1.89. The van der Waals surface area contributed by atoms with Gasteiger partial charge in [0.25, 0.3) is 0 Å². The van der Waals surface area contributed by atoms with E-state index in [4.69, 9.17) is 16.3 Å². The molecule has 2 rings (SSSR count). The Labute approximate surface area is 172 Å². The molecule has 0 radical (unpaired) electrons. The molecule has 0 amide bonds. The van der Waals surface area contributed by atoms with Crippen molar-refractivity contribution in [2.75, 3.05) is 7.11 Å². The molecule has 0 saturated carbocycles. The quantitative estimate of drug-likeness (QED) is 0.651. The molecule has 0 aromatic heterocycles. The number of hydrogen-bond donors (Lipinski definition) is 1. The van der Waals surface area contributed by atoms with Crippen LogP contribution in [0.3, 0.4) is 0 Å². The van der Waals surface area contributed by atoms with E-state index in [1.807, 2.05) is 26.0 Å². The Morgan fingerprint density at radius 3 is 2.21 bits per heavy atom. The fourth-order valence-corrected chi connectivity index (χ4v) is 4.31. The molecule has 2 aromatic carbocycles. The van der Waals surface area contributed by atoms with Crippen LogP contribution in [0, 0.1) is 19.3 Å². The Balaban J connectivity index is 2.37. The highest BCUT2D eigenvalue weighted by Gasteiger charge is 2.38. The Morgan fingerprint density at radius 1 is 1.11 bits per heavy atom. The van der Waals surface area contributed by atoms with Crippen molar-refractivity contribution in [2.24, 2.45) is 5.41 Å². The average molecular weight is 424 g/mol. The molecule has 0 bridgehead atoms. The van der Waals surface area contributed by atoms with Gasteiger partial charge in [0.2, 0.25) is 15.3 Å². The number of ether oxygens (including phenoxy) is 1. The van der Waals surface area contributed by atoms with Crippen molar-refractivity contribution < 1.29 is 17.9 Å². The minimum Gasteiger partial charge on any atom is -0.497 e. The predicted molar refractivity (Wildman–Crippen MR) is 111 cm³/mol. The van der Waals surface area contributed by atoms with E-state index in [2.05, 4.69) is 4.72 Å². The summed E-state index contributed by atoms with van der Waals surface area (Å²) >= 11 is 5.81. The van der Waals surface area contributed by atoms with Crippen LogP contribution in [0.25, 0.3) is 0 Å². The lowest BCUT2D eigenvalue weighted by atomic mass is 9.83. The van der Waals surface area contributed by atoms with E-state index in [1.165, 1.54) is 0 Å². The van der Waals surface area contributed by atoms with Crippen LogP contribution in [0.2, 0.25) is 0 Å². The SMILES string of the molecule is COc1ccc(CC(NS(=O)(=O)c2ccc(C)c(C)c2)C(C)(C)C(=O)Cl)cc1. The molecule has 0 aliphatic carbocycles. The summed E-state index contributed by atoms with van der Waals surface area (Å²) in [5, 5.41) is -0.603. The van der Waals surface area contributed by atoms with Crippen molar-refractivity contribution in [3.8, 4) is 5.75 Å². The number of aryl methyl sites for hydroxylation is 2. The van der Waals surface area contributed by atoms with Crippen LogP contribution >= 0.6 is 11.6 Å². The molecule has 0 aliphatic rings. The van der Waals surface area contributed by atoms with Crippen LogP contribution in [0.1, 0.15) is 30.5 Å². The van der Waals surface area contributed by atoms with Gasteiger partial charge in [0.1, 0.15) is 5.75 Å². The number of carbonyl (C=O) groups is 1. The minimum atomic E-state index is -3.83. The molecular formula is C21H26ClNO4S. The molecule has 1 unspecified atom stereocenters. The van der Waals surface area contributed by atoms with Crippen molar-refractivity contribution in [2.45, 2.75) is 45.1 Å². The summed E-state index contributed by atoms with van der Waals surface area (Å²) in [7, 11) is -2.26. The highest BCUT2D eigenvalue weighted by atomic mass is 35.5. The molecule has 5 nitrogen and oxygen atoms in total.